The van der Waals surface area contributed by atoms with E-state index in [9.17, 15) is 14.4 Å². The van der Waals surface area contributed by atoms with Crippen LogP contribution in [0.15, 0.2) is 0 Å². The Labute approximate surface area is 141 Å². The van der Waals surface area contributed by atoms with Gasteiger partial charge in [0.1, 0.15) is 18.2 Å². The lowest BCUT2D eigenvalue weighted by atomic mass is 10.2. The highest BCUT2D eigenvalue weighted by atomic mass is 32.1. The van der Waals surface area contributed by atoms with Gasteiger partial charge in [0, 0.05) is 12.3 Å². The molecular weight excluding hydrogens is 328 g/mol. The topological polar surface area (TPSA) is 95.9 Å². The molecule has 0 radical (unpaired) electrons. The minimum Gasteiger partial charge on any atom is -0.480 e. The van der Waals surface area contributed by atoms with Gasteiger partial charge in [0.25, 0.3) is 0 Å². The molecule has 22 heavy (non-hydrogen) atoms. The summed E-state index contributed by atoms with van der Waals surface area (Å²) < 4.78 is 5.20. The highest BCUT2D eigenvalue weighted by Crippen LogP contribution is 2.10. The summed E-state index contributed by atoms with van der Waals surface area (Å²) in [6, 6.07) is -1.03. The Balaban J connectivity index is 4.70. The minimum atomic E-state index is -1.14. The fourth-order valence-corrected chi connectivity index (χ4v) is 1.98. The van der Waals surface area contributed by atoms with E-state index >= 15 is 0 Å². The maximum absolute atomic E-state index is 12.0. The van der Waals surface area contributed by atoms with E-state index in [1.54, 1.807) is 20.8 Å². The second-order valence-corrected chi connectivity index (χ2v) is 6.49. The van der Waals surface area contributed by atoms with E-state index in [1.165, 1.54) is 4.90 Å². The minimum absolute atomic E-state index is 0.198. The number of ether oxygens (including phenoxy) is 1. The molecule has 0 aliphatic heterocycles. The number of carboxylic acid groups (broad SMARTS) is 1. The van der Waals surface area contributed by atoms with Gasteiger partial charge in [-0.1, -0.05) is 0 Å². The number of amides is 2. The summed E-state index contributed by atoms with van der Waals surface area (Å²) in [4.78, 5) is 36.1. The van der Waals surface area contributed by atoms with Crippen LogP contribution in [-0.2, 0) is 14.3 Å². The molecule has 0 aromatic carbocycles. The smallest absolute Gasteiger partial charge is 0.410 e. The zero-order valence-corrected chi connectivity index (χ0v) is 14.8. The van der Waals surface area contributed by atoms with E-state index < -0.39 is 29.6 Å². The van der Waals surface area contributed by atoms with Gasteiger partial charge in [-0.2, -0.15) is 25.3 Å². The maximum atomic E-state index is 12.0. The van der Waals surface area contributed by atoms with Gasteiger partial charge in [-0.05, 0) is 32.9 Å². The Morgan fingerprint density at radius 3 is 2.23 bits per heavy atom. The SMILES string of the molecule is CC(C)(C)OC(=O)N(CCS)CC(=O)NC(CCS)C(=O)O. The molecule has 1 atom stereocenters. The Morgan fingerprint density at radius 1 is 1.23 bits per heavy atom. The molecule has 0 aliphatic carbocycles. The molecule has 7 nitrogen and oxygen atoms in total. The molecule has 2 amide bonds. The van der Waals surface area contributed by atoms with Crippen molar-refractivity contribution in [3.63, 3.8) is 0 Å². The molecule has 0 aromatic heterocycles. The van der Waals surface area contributed by atoms with Crippen LogP contribution >= 0.6 is 25.3 Å². The van der Waals surface area contributed by atoms with E-state index in [4.69, 9.17) is 9.84 Å². The first-order valence-electron chi connectivity index (χ1n) is 6.82. The van der Waals surface area contributed by atoms with Crippen molar-refractivity contribution in [3.8, 4) is 0 Å². The van der Waals surface area contributed by atoms with Gasteiger partial charge >= 0.3 is 12.1 Å². The number of nitrogens with one attached hydrogen (secondary N) is 1. The summed E-state index contributed by atoms with van der Waals surface area (Å²) in [5.74, 6) is -1.03. The molecule has 0 aliphatic rings. The average Bonchev–Trinajstić information content (AvgIpc) is 2.35. The molecule has 0 aromatic rings. The lowest BCUT2D eigenvalue weighted by molar-refractivity contribution is -0.142. The highest BCUT2D eigenvalue weighted by molar-refractivity contribution is 7.80. The number of carbonyl (C=O) groups is 3. The van der Waals surface area contributed by atoms with Crippen LogP contribution in [0.2, 0.25) is 0 Å². The van der Waals surface area contributed by atoms with E-state index in [0.29, 0.717) is 11.5 Å². The number of thiol groups is 2. The lowest BCUT2D eigenvalue weighted by Crippen LogP contribution is -2.48. The largest absolute Gasteiger partial charge is 0.480 e. The quantitative estimate of drug-likeness (QED) is 0.490. The van der Waals surface area contributed by atoms with Gasteiger partial charge in [-0.15, -0.1) is 0 Å². The van der Waals surface area contributed by atoms with Gasteiger partial charge in [0.15, 0.2) is 0 Å². The fourth-order valence-electron chi connectivity index (χ4n) is 1.48. The van der Waals surface area contributed by atoms with Gasteiger partial charge in [0.2, 0.25) is 5.91 Å². The Morgan fingerprint density at radius 2 is 1.82 bits per heavy atom. The normalized spacial score (nSPS) is 12.4. The second-order valence-electron chi connectivity index (χ2n) is 5.60. The van der Waals surface area contributed by atoms with Gasteiger partial charge in [-0.3, -0.25) is 9.69 Å². The van der Waals surface area contributed by atoms with Crippen molar-refractivity contribution in [2.24, 2.45) is 0 Å². The number of carboxylic acids is 1. The molecule has 0 saturated heterocycles. The summed E-state index contributed by atoms with van der Waals surface area (Å²) in [6.45, 7) is 5.09. The third kappa shape index (κ3) is 9.04. The summed E-state index contributed by atoms with van der Waals surface area (Å²) in [5, 5.41) is 11.3. The zero-order valence-electron chi connectivity index (χ0n) is 13.0. The molecule has 0 fully saturated rings. The van der Waals surface area contributed by atoms with Crippen molar-refractivity contribution in [1.82, 2.24) is 10.2 Å². The first kappa shape index (κ1) is 20.9. The predicted octanol–water partition coefficient (Wildman–Crippen LogP) is 1.04. The van der Waals surface area contributed by atoms with Crippen LogP contribution in [0.5, 0.6) is 0 Å². The zero-order chi connectivity index (χ0) is 17.3. The molecule has 0 heterocycles. The van der Waals surface area contributed by atoms with Crippen LogP contribution in [0.4, 0.5) is 4.79 Å². The molecule has 0 bridgehead atoms. The number of carbonyl (C=O) groups excluding carboxylic acids is 2. The van der Waals surface area contributed by atoms with Crippen molar-refractivity contribution in [2.75, 3.05) is 24.6 Å². The van der Waals surface area contributed by atoms with Gasteiger partial charge in [-0.25, -0.2) is 9.59 Å². The molecule has 9 heteroatoms. The van der Waals surface area contributed by atoms with Crippen LogP contribution in [-0.4, -0.2) is 64.2 Å². The molecule has 1 unspecified atom stereocenters. The predicted molar refractivity (Wildman–Crippen MR) is 89.7 cm³/mol. The van der Waals surface area contributed by atoms with Crippen LogP contribution < -0.4 is 5.32 Å². The van der Waals surface area contributed by atoms with Crippen LogP contribution in [0.3, 0.4) is 0 Å². The van der Waals surface area contributed by atoms with Crippen molar-refractivity contribution in [1.29, 1.82) is 0 Å². The summed E-state index contributed by atoms with van der Waals surface area (Å²) >= 11 is 7.99. The molecule has 128 valence electrons. The number of nitrogens with zero attached hydrogens (tertiary/aromatic N) is 1. The molecular formula is C13H24N2O5S2. The van der Waals surface area contributed by atoms with Crippen molar-refractivity contribution >= 4 is 43.2 Å². The van der Waals surface area contributed by atoms with Crippen LogP contribution in [0.25, 0.3) is 0 Å². The Hall–Kier alpha value is -1.09. The third-order valence-corrected chi connectivity index (χ3v) is 2.87. The van der Waals surface area contributed by atoms with Crippen LogP contribution in [0, 0.1) is 0 Å². The maximum Gasteiger partial charge on any atom is 0.410 e. The summed E-state index contributed by atoms with van der Waals surface area (Å²) in [5.41, 5.74) is -0.683. The Kier molecular flexibility index (Phi) is 9.34. The fraction of sp³-hybridized carbons (Fsp3) is 0.769. The third-order valence-electron chi connectivity index (χ3n) is 2.41. The van der Waals surface area contributed by atoms with E-state index in [-0.39, 0.29) is 19.5 Å². The van der Waals surface area contributed by atoms with Crippen molar-refractivity contribution in [3.05, 3.63) is 0 Å². The second kappa shape index (κ2) is 9.83. The lowest BCUT2D eigenvalue weighted by Gasteiger charge is -2.27. The van der Waals surface area contributed by atoms with E-state index in [0.717, 1.165) is 0 Å². The first-order valence-corrected chi connectivity index (χ1v) is 8.09. The highest BCUT2D eigenvalue weighted by Gasteiger charge is 2.25. The number of hydrogen-bond donors (Lipinski definition) is 4. The van der Waals surface area contributed by atoms with E-state index in [2.05, 4.69) is 30.6 Å². The first-order chi connectivity index (χ1) is 10.1. The summed E-state index contributed by atoms with van der Waals surface area (Å²) in [6.07, 6.45) is -0.443. The standard InChI is InChI=1S/C13H24N2O5S2/c1-13(2,3)20-12(19)15(5-7-22)8-10(16)14-9(4-6-21)11(17)18/h9,21-22H,4-8H2,1-3H3,(H,14,16)(H,17,18). The summed E-state index contributed by atoms with van der Waals surface area (Å²) in [7, 11) is 0. The monoisotopic (exact) mass is 352 g/mol. The number of rotatable bonds is 8. The van der Waals surface area contributed by atoms with Gasteiger partial charge in [0.05, 0.1) is 0 Å². The number of aliphatic carboxylic acids is 1. The number of hydrogen-bond acceptors (Lipinski definition) is 6. The van der Waals surface area contributed by atoms with E-state index in [1.807, 2.05) is 0 Å². The average molecular weight is 352 g/mol. The molecule has 0 saturated carbocycles. The molecule has 2 N–H and O–H groups in total. The van der Waals surface area contributed by atoms with Crippen molar-refractivity contribution < 1.29 is 24.2 Å². The molecule has 0 rings (SSSR count). The Bertz CT molecular complexity index is 398. The molecule has 0 spiro atoms. The van der Waals surface area contributed by atoms with Crippen molar-refractivity contribution in [2.45, 2.75) is 38.8 Å². The van der Waals surface area contributed by atoms with Crippen LogP contribution in [0.1, 0.15) is 27.2 Å². The van der Waals surface area contributed by atoms with Gasteiger partial charge < -0.3 is 15.2 Å².